The molecule has 20 heavy (non-hydrogen) atoms. The van der Waals surface area contributed by atoms with Crippen molar-refractivity contribution in [1.29, 1.82) is 0 Å². The van der Waals surface area contributed by atoms with E-state index in [0.29, 0.717) is 6.54 Å². The standard InChI is InChI=1S/C15H15BrN2OS/c1-11-17-13(10-20-11)9-18(2)15(19)8-7-12-5-3-4-6-14(12)16/h3-8,10H,9H2,1-2H3. The van der Waals surface area contributed by atoms with E-state index in [1.165, 1.54) is 0 Å². The highest BCUT2D eigenvalue weighted by Gasteiger charge is 2.08. The largest absolute Gasteiger partial charge is 0.336 e. The molecular weight excluding hydrogens is 336 g/mol. The summed E-state index contributed by atoms with van der Waals surface area (Å²) in [4.78, 5) is 18.1. The number of hydrogen-bond acceptors (Lipinski definition) is 3. The maximum Gasteiger partial charge on any atom is 0.246 e. The Morgan fingerprint density at radius 2 is 2.20 bits per heavy atom. The molecule has 0 aliphatic rings. The summed E-state index contributed by atoms with van der Waals surface area (Å²) < 4.78 is 0.974. The molecule has 104 valence electrons. The van der Waals surface area contributed by atoms with E-state index in [4.69, 9.17) is 0 Å². The summed E-state index contributed by atoms with van der Waals surface area (Å²) in [6, 6.07) is 7.79. The first-order valence-electron chi connectivity index (χ1n) is 6.15. The number of amides is 1. The maximum atomic E-state index is 12.0. The van der Waals surface area contributed by atoms with Crippen LogP contribution < -0.4 is 0 Å². The van der Waals surface area contributed by atoms with Gasteiger partial charge in [-0.25, -0.2) is 4.98 Å². The van der Waals surface area contributed by atoms with Crippen LogP contribution in [0.1, 0.15) is 16.3 Å². The average molecular weight is 351 g/mol. The fourth-order valence-corrected chi connectivity index (χ4v) is 2.72. The summed E-state index contributed by atoms with van der Waals surface area (Å²) in [5.41, 5.74) is 1.91. The van der Waals surface area contributed by atoms with E-state index in [0.717, 1.165) is 20.7 Å². The average Bonchev–Trinajstić information content (AvgIpc) is 2.82. The quantitative estimate of drug-likeness (QED) is 0.783. The van der Waals surface area contributed by atoms with E-state index in [1.807, 2.05) is 42.6 Å². The van der Waals surface area contributed by atoms with Gasteiger partial charge in [-0.05, 0) is 24.6 Å². The number of nitrogens with zero attached hydrogens (tertiary/aromatic N) is 2. The number of rotatable bonds is 4. The second kappa shape index (κ2) is 6.81. The zero-order valence-electron chi connectivity index (χ0n) is 11.3. The van der Waals surface area contributed by atoms with Crippen molar-refractivity contribution >= 4 is 39.2 Å². The van der Waals surface area contributed by atoms with Crippen molar-refractivity contribution in [2.75, 3.05) is 7.05 Å². The van der Waals surface area contributed by atoms with Crippen LogP contribution in [0, 0.1) is 6.92 Å². The Morgan fingerprint density at radius 1 is 1.45 bits per heavy atom. The van der Waals surface area contributed by atoms with E-state index in [2.05, 4.69) is 20.9 Å². The van der Waals surface area contributed by atoms with Crippen molar-refractivity contribution in [3.05, 3.63) is 56.5 Å². The van der Waals surface area contributed by atoms with E-state index in [1.54, 1.807) is 29.4 Å². The highest BCUT2D eigenvalue weighted by molar-refractivity contribution is 9.10. The molecule has 0 unspecified atom stereocenters. The number of thiazole rings is 1. The highest BCUT2D eigenvalue weighted by atomic mass is 79.9. The number of benzene rings is 1. The molecule has 2 aromatic rings. The van der Waals surface area contributed by atoms with Gasteiger partial charge in [-0.3, -0.25) is 4.79 Å². The third-order valence-electron chi connectivity index (χ3n) is 2.75. The molecule has 0 saturated carbocycles. The smallest absolute Gasteiger partial charge is 0.246 e. The number of likely N-dealkylation sites (N-methyl/N-ethyl adjacent to an activating group) is 1. The van der Waals surface area contributed by atoms with E-state index in [-0.39, 0.29) is 5.91 Å². The monoisotopic (exact) mass is 350 g/mol. The highest BCUT2D eigenvalue weighted by Crippen LogP contribution is 2.17. The first-order valence-corrected chi connectivity index (χ1v) is 7.82. The van der Waals surface area contributed by atoms with E-state index >= 15 is 0 Å². The van der Waals surface area contributed by atoms with Crippen molar-refractivity contribution in [2.45, 2.75) is 13.5 Å². The number of carbonyl (C=O) groups excluding carboxylic acids is 1. The lowest BCUT2D eigenvalue weighted by molar-refractivity contribution is -0.125. The summed E-state index contributed by atoms with van der Waals surface area (Å²) in [5, 5.41) is 3.00. The van der Waals surface area contributed by atoms with Crippen LogP contribution in [0.5, 0.6) is 0 Å². The van der Waals surface area contributed by atoms with Gasteiger partial charge in [-0.1, -0.05) is 34.1 Å². The van der Waals surface area contributed by atoms with Crippen molar-refractivity contribution < 1.29 is 4.79 Å². The van der Waals surface area contributed by atoms with Crippen molar-refractivity contribution in [3.8, 4) is 0 Å². The van der Waals surface area contributed by atoms with Crippen molar-refractivity contribution in [2.24, 2.45) is 0 Å². The van der Waals surface area contributed by atoms with Gasteiger partial charge in [0, 0.05) is 23.0 Å². The maximum absolute atomic E-state index is 12.0. The zero-order chi connectivity index (χ0) is 14.5. The summed E-state index contributed by atoms with van der Waals surface area (Å²) in [6.07, 6.45) is 3.40. The van der Waals surface area contributed by atoms with Gasteiger partial charge in [0.05, 0.1) is 17.2 Å². The molecule has 0 radical (unpaired) electrons. The normalized spacial score (nSPS) is 10.9. The summed E-state index contributed by atoms with van der Waals surface area (Å²) in [6.45, 7) is 2.49. The second-order valence-corrected chi connectivity index (χ2v) is 6.32. The Balaban J connectivity index is 1.99. The Hall–Kier alpha value is -1.46. The molecule has 3 nitrogen and oxygen atoms in total. The lowest BCUT2D eigenvalue weighted by Crippen LogP contribution is -2.24. The Labute approximate surface area is 131 Å². The van der Waals surface area contributed by atoms with Crippen LogP contribution in [0.15, 0.2) is 40.2 Å². The topological polar surface area (TPSA) is 33.2 Å². The van der Waals surface area contributed by atoms with Crippen molar-refractivity contribution in [1.82, 2.24) is 9.88 Å². The lowest BCUT2D eigenvalue weighted by atomic mass is 10.2. The van der Waals surface area contributed by atoms with Gasteiger partial charge in [0.15, 0.2) is 0 Å². The molecule has 0 N–H and O–H groups in total. The predicted octanol–water partition coefficient (Wildman–Crippen LogP) is 3.89. The van der Waals surface area contributed by atoms with Crippen LogP contribution in [0.4, 0.5) is 0 Å². The fourth-order valence-electron chi connectivity index (χ4n) is 1.70. The minimum atomic E-state index is -0.0357. The van der Waals surface area contributed by atoms with Gasteiger partial charge < -0.3 is 4.90 Å². The van der Waals surface area contributed by atoms with Gasteiger partial charge in [-0.2, -0.15) is 0 Å². The predicted molar refractivity (Wildman–Crippen MR) is 86.5 cm³/mol. The van der Waals surface area contributed by atoms with Gasteiger partial charge in [0.25, 0.3) is 0 Å². The molecule has 0 aliphatic heterocycles. The molecule has 0 atom stereocenters. The third-order valence-corrected chi connectivity index (χ3v) is 4.30. The van der Waals surface area contributed by atoms with Crippen LogP contribution in [0.2, 0.25) is 0 Å². The molecule has 1 amide bonds. The van der Waals surface area contributed by atoms with Crippen molar-refractivity contribution in [3.63, 3.8) is 0 Å². The summed E-state index contributed by atoms with van der Waals surface area (Å²) in [7, 11) is 1.78. The Bertz CT molecular complexity index is 636. The molecule has 0 saturated heterocycles. The van der Waals surface area contributed by atoms with E-state index < -0.39 is 0 Å². The summed E-state index contributed by atoms with van der Waals surface area (Å²) >= 11 is 5.05. The number of aryl methyl sites for hydroxylation is 1. The number of aromatic nitrogens is 1. The van der Waals surface area contributed by atoms with Crippen LogP contribution in [0.25, 0.3) is 6.08 Å². The minimum absolute atomic E-state index is 0.0357. The number of halogens is 1. The van der Waals surface area contributed by atoms with Gasteiger partial charge >= 0.3 is 0 Å². The molecule has 1 heterocycles. The van der Waals surface area contributed by atoms with Gasteiger partial charge in [0.1, 0.15) is 0 Å². The van der Waals surface area contributed by atoms with Crippen LogP contribution >= 0.6 is 27.3 Å². The molecule has 0 bridgehead atoms. The van der Waals surface area contributed by atoms with Gasteiger partial charge in [-0.15, -0.1) is 11.3 Å². The number of carbonyl (C=O) groups is 1. The molecule has 0 spiro atoms. The fraction of sp³-hybridized carbons (Fsp3) is 0.200. The minimum Gasteiger partial charge on any atom is -0.336 e. The first kappa shape index (κ1) is 14.9. The molecule has 2 rings (SSSR count). The van der Waals surface area contributed by atoms with E-state index in [9.17, 15) is 4.79 Å². The molecule has 0 aliphatic carbocycles. The molecule has 1 aromatic carbocycles. The van der Waals surface area contributed by atoms with Crippen LogP contribution in [0.3, 0.4) is 0 Å². The molecule has 5 heteroatoms. The Kier molecular flexibility index (Phi) is 5.09. The first-order chi connectivity index (χ1) is 9.56. The van der Waals surface area contributed by atoms with Crippen LogP contribution in [-0.2, 0) is 11.3 Å². The van der Waals surface area contributed by atoms with Gasteiger partial charge in [0.2, 0.25) is 5.91 Å². The molecular formula is C15H15BrN2OS. The Morgan fingerprint density at radius 3 is 2.85 bits per heavy atom. The zero-order valence-corrected chi connectivity index (χ0v) is 13.7. The second-order valence-electron chi connectivity index (χ2n) is 4.41. The summed E-state index contributed by atoms with van der Waals surface area (Å²) in [5.74, 6) is -0.0357. The SMILES string of the molecule is Cc1nc(CN(C)C(=O)C=Cc2ccccc2Br)cs1. The molecule has 1 aromatic heterocycles. The third kappa shape index (κ3) is 4.02. The number of hydrogen-bond donors (Lipinski definition) is 0. The van der Waals surface area contributed by atoms with Crippen LogP contribution in [-0.4, -0.2) is 22.8 Å². The molecule has 0 fully saturated rings. The lowest BCUT2D eigenvalue weighted by Gasteiger charge is -2.13.